The number of nitrogens with zero attached hydrogens (tertiary/aromatic N) is 2. The highest BCUT2D eigenvalue weighted by Gasteiger charge is 2.29. The number of aliphatic hydroxyl groups is 1. The van der Waals surface area contributed by atoms with Gasteiger partial charge in [-0.05, 0) is 26.3 Å². The van der Waals surface area contributed by atoms with E-state index in [-0.39, 0.29) is 5.41 Å². The molecule has 1 aromatic heterocycles. The highest BCUT2D eigenvalue weighted by atomic mass is 16.3. The number of aryl methyl sites for hydroxylation is 2. The van der Waals surface area contributed by atoms with E-state index in [4.69, 9.17) is 5.73 Å². The van der Waals surface area contributed by atoms with Gasteiger partial charge in [0.15, 0.2) is 0 Å². The predicted molar refractivity (Wildman–Crippen MR) is 60.5 cm³/mol. The molecule has 0 saturated heterocycles. The second-order valence-electron chi connectivity index (χ2n) is 4.61. The van der Waals surface area contributed by atoms with E-state index in [1.54, 1.807) is 6.92 Å². The van der Waals surface area contributed by atoms with Crippen LogP contribution in [0.25, 0.3) is 0 Å². The van der Waals surface area contributed by atoms with Crippen LogP contribution in [-0.2, 0) is 13.5 Å². The second kappa shape index (κ2) is 4.33. The largest absolute Gasteiger partial charge is 0.393 e. The van der Waals surface area contributed by atoms with Crippen LogP contribution in [0.4, 0.5) is 0 Å². The molecule has 1 rings (SSSR count). The van der Waals surface area contributed by atoms with Crippen molar-refractivity contribution in [3.63, 3.8) is 0 Å². The highest BCUT2D eigenvalue weighted by molar-refractivity contribution is 5.11. The van der Waals surface area contributed by atoms with Gasteiger partial charge in [-0.2, -0.15) is 5.10 Å². The van der Waals surface area contributed by atoms with E-state index in [1.807, 2.05) is 31.6 Å². The summed E-state index contributed by atoms with van der Waals surface area (Å²) in [4.78, 5) is 0. The topological polar surface area (TPSA) is 64.1 Å². The van der Waals surface area contributed by atoms with Crippen molar-refractivity contribution >= 4 is 0 Å². The quantitative estimate of drug-likeness (QED) is 0.767. The summed E-state index contributed by atoms with van der Waals surface area (Å²) in [5.41, 5.74) is 7.56. The first-order chi connectivity index (χ1) is 6.89. The highest BCUT2D eigenvalue weighted by Crippen LogP contribution is 2.25. The Hall–Kier alpha value is -0.870. The van der Waals surface area contributed by atoms with Crippen LogP contribution in [0.5, 0.6) is 0 Å². The Balaban J connectivity index is 2.88. The number of hydrogen-bond donors (Lipinski definition) is 2. The summed E-state index contributed by atoms with van der Waals surface area (Å²) in [5.74, 6) is 0. The molecule has 1 heterocycles. The SMILES string of the molecule is Cc1cc(CC(C)(CN)C(C)O)n(C)n1. The lowest BCUT2D eigenvalue weighted by Gasteiger charge is -2.31. The summed E-state index contributed by atoms with van der Waals surface area (Å²) in [5, 5.41) is 14.0. The summed E-state index contributed by atoms with van der Waals surface area (Å²) < 4.78 is 1.85. The van der Waals surface area contributed by atoms with Gasteiger partial charge in [0.25, 0.3) is 0 Å². The monoisotopic (exact) mass is 211 g/mol. The molecule has 4 heteroatoms. The fourth-order valence-electron chi connectivity index (χ4n) is 1.63. The molecule has 0 bridgehead atoms. The van der Waals surface area contributed by atoms with Gasteiger partial charge < -0.3 is 10.8 Å². The lowest BCUT2D eigenvalue weighted by atomic mass is 9.80. The first-order valence-corrected chi connectivity index (χ1v) is 5.26. The summed E-state index contributed by atoms with van der Waals surface area (Å²) in [7, 11) is 1.92. The third-order valence-electron chi connectivity index (χ3n) is 3.16. The van der Waals surface area contributed by atoms with E-state index in [1.165, 1.54) is 0 Å². The Kier molecular flexibility index (Phi) is 3.52. The Morgan fingerprint density at radius 2 is 2.27 bits per heavy atom. The van der Waals surface area contributed by atoms with Gasteiger partial charge in [-0.1, -0.05) is 6.92 Å². The van der Waals surface area contributed by atoms with Crippen LogP contribution >= 0.6 is 0 Å². The van der Waals surface area contributed by atoms with Crippen molar-refractivity contribution in [2.45, 2.75) is 33.3 Å². The van der Waals surface area contributed by atoms with Crippen LogP contribution in [0, 0.1) is 12.3 Å². The maximum Gasteiger partial charge on any atom is 0.0596 e. The molecule has 1 aromatic rings. The van der Waals surface area contributed by atoms with E-state index in [0.717, 1.165) is 17.8 Å². The van der Waals surface area contributed by atoms with Gasteiger partial charge in [0.1, 0.15) is 0 Å². The van der Waals surface area contributed by atoms with Crippen molar-refractivity contribution < 1.29 is 5.11 Å². The van der Waals surface area contributed by atoms with Crippen LogP contribution in [-0.4, -0.2) is 27.5 Å². The summed E-state index contributed by atoms with van der Waals surface area (Å²) in [6.45, 7) is 6.22. The Morgan fingerprint density at radius 1 is 1.67 bits per heavy atom. The fraction of sp³-hybridized carbons (Fsp3) is 0.727. The van der Waals surface area contributed by atoms with E-state index < -0.39 is 6.10 Å². The average molecular weight is 211 g/mol. The van der Waals surface area contributed by atoms with Crippen LogP contribution in [0.1, 0.15) is 25.2 Å². The summed E-state index contributed by atoms with van der Waals surface area (Å²) in [6.07, 6.45) is 0.330. The van der Waals surface area contributed by atoms with Gasteiger partial charge in [-0.15, -0.1) is 0 Å². The molecular weight excluding hydrogens is 190 g/mol. The normalized spacial score (nSPS) is 17.5. The molecule has 3 N–H and O–H groups in total. The molecule has 0 amide bonds. The molecule has 0 radical (unpaired) electrons. The Morgan fingerprint density at radius 3 is 2.60 bits per heavy atom. The van der Waals surface area contributed by atoms with Crippen LogP contribution in [0.2, 0.25) is 0 Å². The number of aromatic nitrogens is 2. The standard InChI is InChI=1S/C11H21N3O/c1-8-5-10(14(4)13-8)6-11(3,7-12)9(2)15/h5,9,15H,6-7,12H2,1-4H3. The third-order valence-corrected chi connectivity index (χ3v) is 3.16. The minimum Gasteiger partial charge on any atom is -0.393 e. The third kappa shape index (κ3) is 2.58. The van der Waals surface area contributed by atoms with Gasteiger partial charge in [0.05, 0.1) is 11.8 Å². The van der Waals surface area contributed by atoms with Crippen LogP contribution in [0.15, 0.2) is 6.07 Å². The minimum absolute atomic E-state index is 0.278. The predicted octanol–water partition coefficient (Wildman–Crippen LogP) is 0.617. The molecule has 86 valence electrons. The van der Waals surface area contributed by atoms with Crippen LogP contribution in [0.3, 0.4) is 0 Å². The molecule has 0 spiro atoms. The first kappa shape index (κ1) is 12.2. The Bertz CT molecular complexity index is 333. The molecule has 0 fully saturated rings. The fourth-order valence-corrected chi connectivity index (χ4v) is 1.63. The molecule has 2 unspecified atom stereocenters. The second-order valence-corrected chi connectivity index (χ2v) is 4.61. The Labute approximate surface area is 91.1 Å². The van der Waals surface area contributed by atoms with Crippen molar-refractivity contribution in [2.75, 3.05) is 6.54 Å². The molecule has 0 aromatic carbocycles. The maximum atomic E-state index is 9.72. The molecule has 4 nitrogen and oxygen atoms in total. The molecule has 0 aliphatic carbocycles. The number of rotatable bonds is 4. The number of aliphatic hydroxyl groups excluding tert-OH is 1. The van der Waals surface area contributed by atoms with E-state index >= 15 is 0 Å². The van der Waals surface area contributed by atoms with Gasteiger partial charge in [-0.3, -0.25) is 4.68 Å². The van der Waals surface area contributed by atoms with Gasteiger partial charge in [-0.25, -0.2) is 0 Å². The zero-order valence-electron chi connectivity index (χ0n) is 9.99. The van der Waals surface area contributed by atoms with Crippen molar-refractivity contribution in [3.8, 4) is 0 Å². The molecule has 15 heavy (non-hydrogen) atoms. The first-order valence-electron chi connectivity index (χ1n) is 5.26. The van der Waals surface area contributed by atoms with Gasteiger partial charge in [0.2, 0.25) is 0 Å². The average Bonchev–Trinajstić information content (AvgIpc) is 2.44. The van der Waals surface area contributed by atoms with Gasteiger partial charge >= 0.3 is 0 Å². The summed E-state index contributed by atoms with van der Waals surface area (Å²) in [6, 6.07) is 2.04. The van der Waals surface area contributed by atoms with E-state index in [9.17, 15) is 5.11 Å². The van der Waals surface area contributed by atoms with Crippen molar-refractivity contribution in [3.05, 3.63) is 17.5 Å². The summed E-state index contributed by atoms with van der Waals surface area (Å²) >= 11 is 0. The zero-order valence-corrected chi connectivity index (χ0v) is 9.99. The van der Waals surface area contributed by atoms with E-state index in [0.29, 0.717) is 6.54 Å². The number of nitrogens with two attached hydrogens (primary N) is 1. The van der Waals surface area contributed by atoms with Crippen molar-refractivity contribution in [2.24, 2.45) is 18.2 Å². The maximum absolute atomic E-state index is 9.72. The van der Waals surface area contributed by atoms with Crippen molar-refractivity contribution in [1.29, 1.82) is 0 Å². The zero-order chi connectivity index (χ0) is 11.6. The molecule has 0 aliphatic rings. The molecule has 2 atom stereocenters. The number of hydrogen-bond acceptors (Lipinski definition) is 3. The molecule has 0 saturated carbocycles. The van der Waals surface area contributed by atoms with E-state index in [2.05, 4.69) is 5.10 Å². The van der Waals surface area contributed by atoms with Crippen LogP contribution < -0.4 is 5.73 Å². The molecule has 0 aliphatic heterocycles. The minimum atomic E-state index is -0.419. The lowest BCUT2D eigenvalue weighted by molar-refractivity contribution is 0.0575. The molecular formula is C11H21N3O. The lowest BCUT2D eigenvalue weighted by Crippen LogP contribution is -2.39. The van der Waals surface area contributed by atoms with Gasteiger partial charge in [0, 0.05) is 24.7 Å². The van der Waals surface area contributed by atoms with Crippen molar-refractivity contribution in [1.82, 2.24) is 9.78 Å². The smallest absolute Gasteiger partial charge is 0.0596 e.